The monoisotopic (exact) mass is 477 g/mol. The number of aromatic amines is 1. The molecule has 5 heterocycles. The summed E-state index contributed by atoms with van der Waals surface area (Å²) in [6.45, 7) is 5.96. The molecule has 4 aromatic heterocycles. The first kappa shape index (κ1) is 22.0. The van der Waals surface area contributed by atoms with Crippen LogP contribution in [0.15, 0.2) is 73.8 Å². The molecule has 1 aromatic carbocycles. The second kappa shape index (κ2) is 9.30. The van der Waals surface area contributed by atoms with Crippen molar-refractivity contribution in [3.05, 3.63) is 96.2 Å². The number of rotatable bonds is 6. The Morgan fingerprint density at radius 2 is 2.06 bits per heavy atom. The third kappa shape index (κ3) is 4.11. The van der Waals surface area contributed by atoms with Crippen molar-refractivity contribution < 1.29 is 4.79 Å². The second-order valence-corrected chi connectivity index (χ2v) is 9.17. The van der Waals surface area contributed by atoms with E-state index in [1.54, 1.807) is 18.5 Å². The van der Waals surface area contributed by atoms with E-state index in [0.29, 0.717) is 19.6 Å². The van der Waals surface area contributed by atoms with Crippen molar-refractivity contribution in [3.8, 4) is 0 Å². The van der Waals surface area contributed by atoms with Crippen LogP contribution >= 0.6 is 0 Å². The molecule has 8 heteroatoms. The van der Waals surface area contributed by atoms with Gasteiger partial charge in [-0.3, -0.25) is 9.78 Å². The first-order valence-electron chi connectivity index (χ1n) is 12.2. The molecule has 180 valence electrons. The van der Waals surface area contributed by atoms with E-state index in [0.717, 1.165) is 57.6 Å². The van der Waals surface area contributed by atoms with Crippen LogP contribution in [0.4, 0.5) is 5.82 Å². The third-order valence-electron chi connectivity index (χ3n) is 6.94. The van der Waals surface area contributed by atoms with Crippen LogP contribution < -0.4 is 5.32 Å². The normalized spacial score (nSPS) is 14.4. The number of piperidine rings is 1. The Morgan fingerprint density at radius 1 is 1.17 bits per heavy atom. The van der Waals surface area contributed by atoms with Crippen molar-refractivity contribution in [2.45, 2.75) is 25.3 Å². The van der Waals surface area contributed by atoms with Crippen LogP contribution in [0.2, 0.25) is 0 Å². The summed E-state index contributed by atoms with van der Waals surface area (Å²) in [5, 5.41) is 9.08. The second-order valence-electron chi connectivity index (χ2n) is 9.17. The van der Waals surface area contributed by atoms with Crippen LogP contribution in [0, 0.1) is 0 Å². The van der Waals surface area contributed by atoms with Crippen LogP contribution in [0.5, 0.6) is 0 Å². The van der Waals surface area contributed by atoms with E-state index in [1.807, 2.05) is 58.2 Å². The van der Waals surface area contributed by atoms with E-state index >= 15 is 0 Å². The van der Waals surface area contributed by atoms with Gasteiger partial charge in [-0.25, -0.2) is 4.98 Å². The van der Waals surface area contributed by atoms with Crippen molar-refractivity contribution in [1.82, 2.24) is 29.5 Å². The summed E-state index contributed by atoms with van der Waals surface area (Å²) in [6.07, 6.45) is 10.8. The molecule has 1 amide bonds. The predicted molar refractivity (Wildman–Crippen MR) is 141 cm³/mol. The minimum atomic E-state index is 0.0866. The number of carbonyl (C=O) groups excluding carboxylic acids is 1. The van der Waals surface area contributed by atoms with Gasteiger partial charge in [0.2, 0.25) is 0 Å². The fraction of sp³-hybridized carbons (Fsp3) is 0.214. The van der Waals surface area contributed by atoms with Gasteiger partial charge in [0, 0.05) is 77.9 Å². The Kier molecular flexibility index (Phi) is 5.69. The molecule has 1 aliphatic heterocycles. The molecule has 0 atom stereocenters. The molecule has 0 spiro atoms. The van der Waals surface area contributed by atoms with Crippen LogP contribution in [0.25, 0.3) is 22.6 Å². The summed E-state index contributed by atoms with van der Waals surface area (Å²) < 4.78 is 1.83. The summed E-state index contributed by atoms with van der Waals surface area (Å²) in [7, 11) is 0. The largest absolute Gasteiger partial charge is 0.366 e. The number of anilines is 1. The molecule has 0 aliphatic carbocycles. The summed E-state index contributed by atoms with van der Waals surface area (Å²) in [6, 6.07) is 13.9. The van der Waals surface area contributed by atoms with Gasteiger partial charge < -0.3 is 15.2 Å². The Labute approximate surface area is 208 Å². The summed E-state index contributed by atoms with van der Waals surface area (Å²) in [5.41, 5.74) is 5.56. The maximum Gasteiger partial charge on any atom is 0.253 e. The van der Waals surface area contributed by atoms with Gasteiger partial charge in [-0.05, 0) is 48.7 Å². The molecule has 1 saturated heterocycles. The number of nitrogens with one attached hydrogen (secondary N) is 2. The van der Waals surface area contributed by atoms with Crippen LogP contribution in [-0.4, -0.2) is 48.5 Å². The number of hydrogen-bond acceptors (Lipinski definition) is 5. The number of likely N-dealkylation sites (tertiary alicyclic amines) is 1. The first-order valence-corrected chi connectivity index (χ1v) is 12.2. The lowest BCUT2D eigenvalue weighted by atomic mass is 9.92. The molecular formula is C28H27N7O. The van der Waals surface area contributed by atoms with Crippen LogP contribution in [-0.2, 0) is 6.54 Å². The third-order valence-corrected chi connectivity index (χ3v) is 6.94. The van der Waals surface area contributed by atoms with Gasteiger partial charge >= 0.3 is 0 Å². The van der Waals surface area contributed by atoms with Gasteiger partial charge in [0.25, 0.3) is 5.91 Å². The lowest BCUT2D eigenvalue weighted by molar-refractivity contribution is 0.0712. The Morgan fingerprint density at radius 3 is 2.86 bits per heavy atom. The number of nitrogens with zero attached hydrogens (tertiary/aromatic N) is 5. The minimum absolute atomic E-state index is 0.0866. The SMILES string of the molecule is C=Cc1cnn2c(NCc3cccnc3)cc(C3CCN(C(=O)c4ccc5[nH]ccc5c4)CC3)nc12. The molecule has 0 bridgehead atoms. The average molecular weight is 478 g/mol. The molecule has 8 nitrogen and oxygen atoms in total. The zero-order valence-corrected chi connectivity index (χ0v) is 19.9. The molecule has 0 saturated carbocycles. The highest BCUT2D eigenvalue weighted by Crippen LogP contribution is 2.30. The molecule has 0 unspecified atom stereocenters. The van der Waals surface area contributed by atoms with E-state index in [2.05, 4.69) is 33.0 Å². The van der Waals surface area contributed by atoms with Crippen molar-refractivity contribution in [2.75, 3.05) is 18.4 Å². The topological polar surface area (TPSA) is 91.2 Å². The summed E-state index contributed by atoms with van der Waals surface area (Å²) >= 11 is 0. The number of hydrogen-bond donors (Lipinski definition) is 2. The average Bonchev–Trinajstić information content (AvgIpc) is 3.58. The molecule has 2 N–H and O–H groups in total. The van der Waals surface area contributed by atoms with Crippen molar-refractivity contribution in [3.63, 3.8) is 0 Å². The molecule has 1 fully saturated rings. The maximum atomic E-state index is 13.2. The summed E-state index contributed by atoms with van der Waals surface area (Å²) in [5.74, 6) is 1.23. The van der Waals surface area contributed by atoms with E-state index < -0.39 is 0 Å². The number of carbonyl (C=O) groups is 1. The number of benzene rings is 1. The molecule has 1 aliphatic rings. The molecule has 6 rings (SSSR count). The summed E-state index contributed by atoms with van der Waals surface area (Å²) in [4.78, 5) is 27.5. The highest BCUT2D eigenvalue weighted by Gasteiger charge is 2.26. The highest BCUT2D eigenvalue weighted by atomic mass is 16.2. The predicted octanol–water partition coefficient (Wildman–Crippen LogP) is 4.88. The molecular weight excluding hydrogens is 450 g/mol. The fourth-order valence-electron chi connectivity index (χ4n) is 4.92. The van der Waals surface area contributed by atoms with Crippen molar-refractivity contribution in [2.24, 2.45) is 0 Å². The van der Waals surface area contributed by atoms with Gasteiger partial charge in [-0.15, -0.1) is 0 Å². The van der Waals surface area contributed by atoms with E-state index in [-0.39, 0.29) is 11.8 Å². The molecule has 0 radical (unpaired) electrons. The highest BCUT2D eigenvalue weighted by molar-refractivity contribution is 5.98. The minimum Gasteiger partial charge on any atom is -0.366 e. The maximum absolute atomic E-state index is 13.2. The lowest BCUT2D eigenvalue weighted by Crippen LogP contribution is -2.38. The number of H-pyrrole nitrogens is 1. The Bertz CT molecular complexity index is 1540. The quantitative estimate of drug-likeness (QED) is 0.364. The van der Waals surface area contributed by atoms with Crippen LogP contribution in [0.3, 0.4) is 0 Å². The number of aromatic nitrogens is 5. The van der Waals surface area contributed by atoms with Crippen molar-refractivity contribution in [1.29, 1.82) is 0 Å². The van der Waals surface area contributed by atoms with E-state index in [4.69, 9.17) is 4.98 Å². The van der Waals surface area contributed by atoms with Gasteiger partial charge in [-0.1, -0.05) is 18.7 Å². The zero-order chi connectivity index (χ0) is 24.5. The van der Waals surface area contributed by atoms with Gasteiger partial charge in [0.1, 0.15) is 5.82 Å². The van der Waals surface area contributed by atoms with Gasteiger partial charge in [-0.2, -0.15) is 9.61 Å². The van der Waals surface area contributed by atoms with E-state index in [9.17, 15) is 4.79 Å². The van der Waals surface area contributed by atoms with Crippen LogP contribution in [0.1, 0.15) is 45.9 Å². The standard InChI is InChI=1S/C28H27N7O/c1-2-20-18-32-35-26(31-17-19-4-3-10-29-16-19)15-25(33-27(20)35)21-8-12-34(13-9-21)28(36)23-5-6-24-22(14-23)7-11-30-24/h2-7,10-11,14-16,18,21,30-31H,1,8-9,12-13,17H2. The van der Waals surface area contributed by atoms with E-state index in [1.165, 1.54) is 0 Å². The number of amides is 1. The molecule has 5 aromatic rings. The Balaban J connectivity index is 1.21. The van der Waals surface area contributed by atoms with Gasteiger partial charge in [0.05, 0.1) is 6.20 Å². The number of fused-ring (bicyclic) bond motifs is 2. The zero-order valence-electron chi connectivity index (χ0n) is 19.9. The van der Waals surface area contributed by atoms with Gasteiger partial charge in [0.15, 0.2) is 5.65 Å². The Hall–Kier alpha value is -4.46. The van der Waals surface area contributed by atoms with Crippen molar-refractivity contribution >= 4 is 34.4 Å². The fourth-order valence-corrected chi connectivity index (χ4v) is 4.92. The molecule has 36 heavy (non-hydrogen) atoms. The number of pyridine rings is 1. The lowest BCUT2D eigenvalue weighted by Gasteiger charge is -2.32. The smallest absolute Gasteiger partial charge is 0.253 e. The first-order chi connectivity index (χ1) is 17.7.